The van der Waals surface area contributed by atoms with Crippen LogP contribution < -0.4 is 10.1 Å². The monoisotopic (exact) mass is 304 g/mol. The summed E-state index contributed by atoms with van der Waals surface area (Å²) in [5.74, 6) is 0.504. The molecule has 0 aliphatic rings. The van der Waals surface area contributed by atoms with E-state index in [1.54, 1.807) is 13.3 Å². The molecule has 0 atom stereocenters. The molecule has 5 heteroatoms. The van der Waals surface area contributed by atoms with Crippen molar-refractivity contribution in [1.29, 1.82) is 0 Å². The zero-order valence-corrected chi connectivity index (χ0v) is 12.6. The van der Waals surface area contributed by atoms with Gasteiger partial charge in [0.1, 0.15) is 0 Å². The lowest BCUT2D eigenvalue weighted by Crippen LogP contribution is -2.23. The third kappa shape index (κ3) is 4.46. The maximum Gasteiger partial charge on any atom is 0.220 e. The van der Waals surface area contributed by atoms with E-state index >= 15 is 0 Å². The van der Waals surface area contributed by atoms with E-state index in [2.05, 4.69) is 10.3 Å². The highest BCUT2D eigenvalue weighted by Crippen LogP contribution is 2.17. The SMILES string of the molecule is COc1ncccc1CNC(=O)CCc1ccccc1Cl. The van der Waals surface area contributed by atoms with Gasteiger partial charge in [-0.15, -0.1) is 0 Å². The minimum Gasteiger partial charge on any atom is -0.481 e. The summed E-state index contributed by atoms with van der Waals surface area (Å²) in [6.45, 7) is 0.401. The number of aryl methyl sites for hydroxylation is 1. The molecule has 0 spiro atoms. The van der Waals surface area contributed by atoms with Gasteiger partial charge >= 0.3 is 0 Å². The van der Waals surface area contributed by atoms with Crippen LogP contribution in [0, 0.1) is 0 Å². The largest absolute Gasteiger partial charge is 0.481 e. The van der Waals surface area contributed by atoms with Gasteiger partial charge in [-0.1, -0.05) is 35.9 Å². The van der Waals surface area contributed by atoms with E-state index in [0.717, 1.165) is 11.1 Å². The molecule has 1 amide bonds. The van der Waals surface area contributed by atoms with Gasteiger partial charge in [0.25, 0.3) is 0 Å². The maximum atomic E-state index is 11.9. The smallest absolute Gasteiger partial charge is 0.220 e. The normalized spacial score (nSPS) is 10.2. The Morgan fingerprint density at radius 3 is 2.76 bits per heavy atom. The highest BCUT2D eigenvalue weighted by molar-refractivity contribution is 6.31. The third-order valence-electron chi connectivity index (χ3n) is 3.10. The second kappa shape index (κ2) is 7.64. The van der Waals surface area contributed by atoms with E-state index in [9.17, 15) is 4.79 Å². The number of nitrogens with zero attached hydrogens (tertiary/aromatic N) is 1. The van der Waals surface area contributed by atoms with Crippen molar-refractivity contribution in [3.63, 3.8) is 0 Å². The van der Waals surface area contributed by atoms with Crippen molar-refractivity contribution in [2.24, 2.45) is 0 Å². The quantitative estimate of drug-likeness (QED) is 0.892. The molecule has 0 unspecified atom stereocenters. The van der Waals surface area contributed by atoms with Crippen LogP contribution in [0.25, 0.3) is 0 Å². The molecule has 2 aromatic rings. The van der Waals surface area contributed by atoms with Crippen LogP contribution in [-0.2, 0) is 17.8 Å². The zero-order valence-electron chi connectivity index (χ0n) is 11.8. The van der Waals surface area contributed by atoms with Gasteiger partial charge < -0.3 is 10.1 Å². The van der Waals surface area contributed by atoms with Gasteiger partial charge in [0.2, 0.25) is 11.8 Å². The lowest BCUT2D eigenvalue weighted by molar-refractivity contribution is -0.121. The van der Waals surface area contributed by atoms with Crippen LogP contribution in [0.15, 0.2) is 42.6 Å². The average molecular weight is 305 g/mol. The summed E-state index contributed by atoms with van der Waals surface area (Å²) in [5, 5.41) is 3.56. The molecule has 1 aromatic heterocycles. The minimum atomic E-state index is -0.0270. The number of ether oxygens (including phenoxy) is 1. The fourth-order valence-corrected chi connectivity index (χ4v) is 2.20. The first-order valence-corrected chi connectivity index (χ1v) is 7.06. The number of halogens is 1. The van der Waals surface area contributed by atoms with E-state index in [4.69, 9.17) is 16.3 Å². The molecule has 2 rings (SSSR count). The van der Waals surface area contributed by atoms with Crippen molar-refractivity contribution in [3.05, 3.63) is 58.7 Å². The van der Waals surface area contributed by atoms with E-state index in [0.29, 0.717) is 30.3 Å². The lowest BCUT2D eigenvalue weighted by atomic mass is 10.1. The Hall–Kier alpha value is -2.07. The number of hydrogen-bond donors (Lipinski definition) is 1. The second-order valence-corrected chi connectivity index (χ2v) is 4.95. The summed E-state index contributed by atoms with van der Waals surface area (Å²) in [6, 6.07) is 11.2. The average Bonchev–Trinajstić information content (AvgIpc) is 2.52. The molecule has 0 bridgehead atoms. The fraction of sp³-hybridized carbons (Fsp3) is 0.250. The Morgan fingerprint density at radius 1 is 1.24 bits per heavy atom. The fourth-order valence-electron chi connectivity index (χ4n) is 1.97. The first kappa shape index (κ1) is 15.3. The number of nitrogens with one attached hydrogen (secondary N) is 1. The van der Waals surface area contributed by atoms with E-state index in [1.165, 1.54) is 0 Å². The second-order valence-electron chi connectivity index (χ2n) is 4.54. The number of benzene rings is 1. The van der Waals surface area contributed by atoms with Gasteiger partial charge in [-0.3, -0.25) is 4.79 Å². The number of carbonyl (C=O) groups is 1. The Balaban J connectivity index is 1.84. The molecule has 4 nitrogen and oxygen atoms in total. The van der Waals surface area contributed by atoms with E-state index in [1.807, 2.05) is 36.4 Å². The molecule has 0 radical (unpaired) electrons. The standard InChI is InChI=1S/C16H17ClN2O2/c1-21-16-13(6-4-10-18-16)11-19-15(20)9-8-12-5-2-3-7-14(12)17/h2-7,10H,8-9,11H2,1H3,(H,19,20). The molecular weight excluding hydrogens is 288 g/mol. The topological polar surface area (TPSA) is 51.2 Å². The molecule has 0 fully saturated rings. The molecule has 1 N–H and O–H groups in total. The van der Waals surface area contributed by atoms with Crippen LogP contribution >= 0.6 is 11.6 Å². The van der Waals surface area contributed by atoms with Gasteiger partial charge in [0.15, 0.2) is 0 Å². The van der Waals surface area contributed by atoms with Crippen LogP contribution in [0.5, 0.6) is 5.88 Å². The Bertz CT molecular complexity index is 617. The van der Waals surface area contributed by atoms with Gasteiger partial charge in [-0.05, 0) is 24.1 Å². The van der Waals surface area contributed by atoms with Crippen LogP contribution in [-0.4, -0.2) is 18.0 Å². The van der Waals surface area contributed by atoms with Crippen molar-refractivity contribution in [1.82, 2.24) is 10.3 Å². The van der Waals surface area contributed by atoms with Crippen molar-refractivity contribution < 1.29 is 9.53 Å². The number of hydrogen-bond acceptors (Lipinski definition) is 3. The van der Waals surface area contributed by atoms with Crippen molar-refractivity contribution >= 4 is 17.5 Å². The van der Waals surface area contributed by atoms with Crippen molar-refractivity contribution in [2.75, 3.05) is 7.11 Å². The first-order chi connectivity index (χ1) is 10.2. The molecular formula is C16H17ClN2O2. The molecule has 110 valence electrons. The van der Waals surface area contributed by atoms with Crippen LogP contribution in [0.3, 0.4) is 0 Å². The number of methoxy groups -OCH3 is 1. The summed E-state index contributed by atoms with van der Waals surface area (Å²) in [4.78, 5) is 16.0. The van der Waals surface area contributed by atoms with E-state index in [-0.39, 0.29) is 5.91 Å². The Morgan fingerprint density at radius 2 is 2.00 bits per heavy atom. The molecule has 0 aliphatic heterocycles. The van der Waals surface area contributed by atoms with Crippen LogP contribution in [0.1, 0.15) is 17.5 Å². The number of aromatic nitrogens is 1. The van der Waals surface area contributed by atoms with Crippen molar-refractivity contribution in [3.8, 4) is 5.88 Å². The Labute approximate surface area is 129 Å². The number of amides is 1. The maximum absolute atomic E-state index is 11.9. The van der Waals surface area contributed by atoms with Gasteiger partial charge in [0.05, 0.1) is 7.11 Å². The Kier molecular flexibility index (Phi) is 5.58. The third-order valence-corrected chi connectivity index (χ3v) is 3.47. The number of pyridine rings is 1. The predicted molar refractivity (Wildman–Crippen MR) is 82.4 cm³/mol. The summed E-state index contributed by atoms with van der Waals surface area (Å²) in [7, 11) is 1.56. The lowest BCUT2D eigenvalue weighted by Gasteiger charge is -2.09. The number of rotatable bonds is 6. The highest BCUT2D eigenvalue weighted by Gasteiger charge is 2.07. The van der Waals surface area contributed by atoms with E-state index < -0.39 is 0 Å². The van der Waals surface area contributed by atoms with Crippen LogP contribution in [0.2, 0.25) is 5.02 Å². The summed E-state index contributed by atoms with van der Waals surface area (Å²) in [6.07, 6.45) is 2.67. The zero-order chi connectivity index (χ0) is 15.1. The van der Waals surface area contributed by atoms with Gasteiger partial charge in [0, 0.05) is 29.7 Å². The van der Waals surface area contributed by atoms with Crippen molar-refractivity contribution in [2.45, 2.75) is 19.4 Å². The summed E-state index contributed by atoms with van der Waals surface area (Å²) >= 11 is 6.06. The summed E-state index contributed by atoms with van der Waals surface area (Å²) in [5.41, 5.74) is 1.83. The summed E-state index contributed by atoms with van der Waals surface area (Å²) < 4.78 is 5.14. The highest BCUT2D eigenvalue weighted by atomic mass is 35.5. The first-order valence-electron chi connectivity index (χ1n) is 6.68. The molecule has 21 heavy (non-hydrogen) atoms. The van der Waals surface area contributed by atoms with Gasteiger partial charge in [-0.25, -0.2) is 4.98 Å². The predicted octanol–water partition coefficient (Wildman–Crippen LogP) is 2.99. The molecule has 0 aliphatic carbocycles. The molecule has 1 aromatic carbocycles. The molecule has 0 saturated heterocycles. The molecule has 0 saturated carbocycles. The van der Waals surface area contributed by atoms with Crippen LogP contribution in [0.4, 0.5) is 0 Å². The van der Waals surface area contributed by atoms with Gasteiger partial charge in [-0.2, -0.15) is 0 Å². The molecule has 1 heterocycles. The number of carbonyl (C=O) groups excluding carboxylic acids is 1. The minimum absolute atomic E-state index is 0.0270.